The molecular weight excluding hydrogens is 156 g/mol. The molecule has 0 nitrogen and oxygen atoms in total. The molecule has 0 aromatic rings. The summed E-state index contributed by atoms with van der Waals surface area (Å²) < 4.78 is 0. The van der Waals surface area contributed by atoms with Gasteiger partial charge in [0, 0.05) is 0 Å². The molecule has 1 fully saturated rings. The highest BCUT2D eigenvalue weighted by Crippen LogP contribution is 2.44. The van der Waals surface area contributed by atoms with Gasteiger partial charge in [-0.2, -0.15) is 0 Å². The third kappa shape index (κ3) is 2.48. The summed E-state index contributed by atoms with van der Waals surface area (Å²) in [6.07, 6.45) is 8.74. The maximum atomic E-state index is 2.48. The number of hydrogen-bond acceptors (Lipinski definition) is 0. The van der Waals surface area contributed by atoms with Crippen molar-refractivity contribution in [3.05, 3.63) is 0 Å². The van der Waals surface area contributed by atoms with Crippen LogP contribution < -0.4 is 0 Å². The SMILES string of the molecule is CCC(C)C(C)(C)C1CCCCC1. The van der Waals surface area contributed by atoms with Gasteiger partial charge in [0.2, 0.25) is 0 Å². The van der Waals surface area contributed by atoms with Crippen LogP contribution in [0.3, 0.4) is 0 Å². The van der Waals surface area contributed by atoms with Crippen LogP contribution in [0.25, 0.3) is 0 Å². The summed E-state index contributed by atoms with van der Waals surface area (Å²) >= 11 is 0. The maximum absolute atomic E-state index is 2.48. The lowest BCUT2D eigenvalue weighted by Gasteiger charge is -2.41. The first-order valence-corrected chi connectivity index (χ1v) is 6.09. The third-order valence-electron chi connectivity index (χ3n) is 4.54. The Morgan fingerprint density at radius 2 is 1.69 bits per heavy atom. The van der Waals surface area contributed by atoms with Crippen LogP contribution in [0, 0.1) is 17.3 Å². The topological polar surface area (TPSA) is 0 Å². The van der Waals surface area contributed by atoms with E-state index in [1.165, 1.54) is 38.5 Å². The van der Waals surface area contributed by atoms with E-state index in [4.69, 9.17) is 0 Å². The van der Waals surface area contributed by atoms with Gasteiger partial charge in [-0.15, -0.1) is 0 Å². The second-order valence-corrected chi connectivity index (χ2v) is 5.47. The van der Waals surface area contributed by atoms with Gasteiger partial charge in [-0.1, -0.05) is 53.4 Å². The standard InChI is InChI=1S/C13H26/c1-5-11(2)13(3,4)12-9-7-6-8-10-12/h11-12H,5-10H2,1-4H3. The van der Waals surface area contributed by atoms with Gasteiger partial charge in [-0.3, -0.25) is 0 Å². The largest absolute Gasteiger partial charge is 0.0651 e. The molecule has 0 heterocycles. The van der Waals surface area contributed by atoms with Crippen LogP contribution in [0.15, 0.2) is 0 Å². The van der Waals surface area contributed by atoms with Gasteiger partial charge >= 0.3 is 0 Å². The number of rotatable bonds is 3. The van der Waals surface area contributed by atoms with Crippen LogP contribution >= 0.6 is 0 Å². The smallest absolute Gasteiger partial charge is 0.0300 e. The molecule has 0 aliphatic heterocycles. The molecule has 0 heteroatoms. The fourth-order valence-electron chi connectivity index (χ4n) is 2.78. The molecule has 0 saturated heterocycles. The van der Waals surface area contributed by atoms with Gasteiger partial charge in [-0.25, -0.2) is 0 Å². The average Bonchev–Trinajstić information content (AvgIpc) is 2.18. The first-order valence-electron chi connectivity index (χ1n) is 6.09. The molecule has 1 unspecified atom stereocenters. The van der Waals surface area contributed by atoms with Crippen LogP contribution in [-0.4, -0.2) is 0 Å². The summed E-state index contributed by atoms with van der Waals surface area (Å²) in [5.41, 5.74) is 0.579. The monoisotopic (exact) mass is 182 g/mol. The summed E-state index contributed by atoms with van der Waals surface area (Å²) in [5, 5.41) is 0. The van der Waals surface area contributed by atoms with Crippen molar-refractivity contribution in [2.24, 2.45) is 17.3 Å². The van der Waals surface area contributed by atoms with E-state index in [1.54, 1.807) is 0 Å². The zero-order valence-electron chi connectivity index (χ0n) is 9.90. The molecule has 1 atom stereocenters. The predicted octanol–water partition coefficient (Wildman–Crippen LogP) is 4.64. The second-order valence-electron chi connectivity index (χ2n) is 5.47. The lowest BCUT2D eigenvalue weighted by molar-refractivity contribution is 0.0898. The van der Waals surface area contributed by atoms with Crippen molar-refractivity contribution in [1.29, 1.82) is 0 Å². The highest BCUT2D eigenvalue weighted by molar-refractivity contribution is 4.84. The third-order valence-corrected chi connectivity index (χ3v) is 4.54. The summed E-state index contributed by atoms with van der Waals surface area (Å²) in [6, 6.07) is 0. The Labute approximate surface area is 84.1 Å². The van der Waals surface area contributed by atoms with Crippen LogP contribution in [0.4, 0.5) is 0 Å². The molecule has 78 valence electrons. The molecule has 0 aromatic carbocycles. The Kier molecular flexibility index (Phi) is 3.82. The minimum atomic E-state index is 0.579. The molecule has 0 N–H and O–H groups in total. The van der Waals surface area contributed by atoms with Crippen molar-refractivity contribution < 1.29 is 0 Å². The fraction of sp³-hybridized carbons (Fsp3) is 1.00. The molecule has 13 heavy (non-hydrogen) atoms. The van der Waals surface area contributed by atoms with E-state index in [2.05, 4.69) is 27.7 Å². The van der Waals surface area contributed by atoms with Crippen LogP contribution in [0.5, 0.6) is 0 Å². The Morgan fingerprint density at radius 3 is 2.15 bits per heavy atom. The van der Waals surface area contributed by atoms with Crippen LogP contribution in [0.2, 0.25) is 0 Å². The first-order chi connectivity index (χ1) is 6.09. The molecule has 0 radical (unpaired) electrons. The zero-order valence-corrected chi connectivity index (χ0v) is 9.90. The molecule has 1 aliphatic carbocycles. The predicted molar refractivity (Wildman–Crippen MR) is 59.8 cm³/mol. The zero-order chi connectivity index (χ0) is 9.90. The molecule has 0 amide bonds. The van der Waals surface area contributed by atoms with Crippen molar-refractivity contribution in [2.75, 3.05) is 0 Å². The quantitative estimate of drug-likeness (QED) is 0.596. The van der Waals surface area contributed by atoms with Gasteiger partial charge in [-0.05, 0) is 30.1 Å². The molecular formula is C13H26. The maximum Gasteiger partial charge on any atom is -0.0300 e. The number of hydrogen-bond donors (Lipinski definition) is 0. The highest BCUT2D eigenvalue weighted by Gasteiger charge is 2.34. The fourth-order valence-corrected chi connectivity index (χ4v) is 2.78. The normalized spacial score (nSPS) is 23.1. The van der Waals surface area contributed by atoms with E-state index in [-0.39, 0.29) is 0 Å². The van der Waals surface area contributed by atoms with Gasteiger partial charge in [0.25, 0.3) is 0 Å². The Morgan fingerprint density at radius 1 is 1.15 bits per heavy atom. The molecule has 0 bridgehead atoms. The Balaban J connectivity index is 2.55. The lowest BCUT2D eigenvalue weighted by Crippen LogP contribution is -2.32. The molecule has 0 spiro atoms. The second kappa shape index (κ2) is 4.48. The molecule has 1 saturated carbocycles. The average molecular weight is 182 g/mol. The van der Waals surface area contributed by atoms with Crippen LogP contribution in [-0.2, 0) is 0 Å². The van der Waals surface area contributed by atoms with Crippen molar-refractivity contribution in [3.8, 4) is 0 Å². The van der Waals surface area contributed by atoms with E-state index in [0.29, 0.717) is 5.41 Å². The summed E-state index contributed by atoms with van der Waals surface area (Å²) in [4.78, 5) is 0. The van der Waals surface area contributed by atoms with E-state index in [0.717, 1.165) is 11.8 Å². The van der Waals surface area contributed by atoms with Gasteiger partial charge in [0.1, 0.15) is 0 Å². The van der Waals surface area contributed by atoms with Gasteiger partial charge in [0.15, 0.2) is 0 Å². The van der Waals surface area contributed by atoms with Crippen molar-refractivity contribution >= 4 is 0 Å². The highest BCUT2D eigenvalue weighted by atomic mass is 14.4. The van der Waals surface area contributed by atoms with Crippen molar-refractivity contribution in [2.45, 2.75) is 66.2 Å². The summed E-state index contributed by atoms with van der Waals surface area (Å²) in [7, 11) is 0. The van der Waals surface area contributed by atoms with Gasteiger partial charge in [0.05, 0.1) is 0 Å². The summed E-state index contributed by atoms with van der Waals surface area (Å²) in [5.74, 6) is 1.88. The Bertz CT molecular complexity index is 140. The van der Waals surface area contributed by atoms with Gasteiger partial charge < -0.3 is 0 Å². The van der Waals surface area contributed by atoms with E-state index >= 15 is 0 Å². The Hall–Kier alpha value is 0. The minimum Gasteiger partial charge on any atom is -0.0651 e. The lowest BCUT2D eigenvalue weighted by atomic mass is 9.64. The minimum absolute atomic E-state index is 0.579. The molecule has 1 rings (SSSR count). The van der Waals surface area contributed by atoms with Crippen molar-refractivity contribution in [3.63, 3.8) is 0 Å². The van der Waals surface area contributed by atoms with E-state index in [9.17, 15) is 0 Å². The molecule has 0 aromatic heterocycles. The van der Waals surface area contributed by atoms with E-state index in [1.807, 2.05) is 0 Å². The molecule has 1 aliphatic rings. The van der Waals surface area contributed by atoms with Crippen LogP contribution in [0.1, 0.15) is 66.2 Å². The summed E-state index contributed by atoms with van der Waals surface area (Å²) in [6.45, 7) is 9.72. The van der Waals surface area contributed by atoms with Crippen molar-refractivity contribution in [1.82, 2.24) is 0 Å². The van der Waals surface area contributed by atoms with E-state index < -0.39 is 0 Å². The first kappa shape index (κ1) is 11.1.